The second-order valence-corrected chi connectivity index (χ2v) is 5.57. The number of benzene rings is 1. The maximum Gasteiger partial charge on any atom is 0.125 e. The molecule has 19 heavy (non-hydrogen) atoms. The van der Waals surface area contributed by atoms with Gasteiger partial charge in [-0.2, -0.15) is 0 Å². The van der Waals surface area contributed by atoms with Gasteiger partial charge in [0.1, 0.15) is 11.4 Å². The number of ether oxygens (including phenoxy) is 1. The molecule has 0 bridgehead atoms. The van der Waals surface area contributed by atoms with Gasteiger partial charge >= 0.3 is 0 Å². The zero-order chi connectivity index (χ0) is 13.5. The Morgan fingerprint density at radius 1 is 1.42 bits per heavy atom. The molecule has 1 atom stereocenters. The topological polar surface area (TPSA) is 47.3 Å². The Morgan fingerprint density at radius 2 is 2.21 bits per heavy atom. The van der Waals surface area contributed by atoms with Crippen molar-refractivity contribution in [2.75, 3.05) is 0 Å². The fraction of sp³-hybridized carbons (Fsp3) is 0.400. The van der Waals surface area contributed by atoms with Crippen molar-refractivity contribution < 1.29 is 9.84 Å². The molecular formula is C15H18N2O2. The second kappa shape index (κ2) is 4.38. The number of imidazole rings is 1. The van der Waals surface area contributed by atoms with Crippen molar-refractivity contribution in [3.63, 3.8) is 0 Å². The first-order valence-electron chi connectivity index (χ1n) is 6.50. The molecule has 0 spiro atoms. The zero-order valence-electron chi connectivity index (χ0n) is 11.2. The highest BCUT2D eigenvalue weighted by Crippen LogP contribution is 2.41. The summed E-state index contributed by atoms with van der Waals surface area (Å²) in [6, 6.07) is 8.24. The lowest BCUT2D eigenvalue weighted by Crippen LogP contribution is -2.37. The van der Waals surface area contributed by atoms with Crippen LogP contribution >= 0.6 is 0 Å². The minimum Gasteiger partial charge on any atom is -0.487 e. The molecular weight excluding hydrogens is 240 g/mol. The summed E-state index contributed by atoms with van der Waals surface area (Å²) in [6.45, 7) is 4.18. The summed E-state index contributed by atoms with van der Waals surface area (Å²) >= 11 is 0. The van der Waals surface area contributed by atoms with Crippen LogP contribution in [-0.4, -0.2) is 20.3 Å². The van der Waals surface area contributed by atoms with E-state index in [0.29, 0.717) is 0 Å². The first-order chi connectivity index (χ1) is 9.11. The average Bonchev–Trinajstić information content (AvgIpc) is 2.84. The molecule has 0 fully saturated rings. The molecule has 1 N–H and O–H groups in total. The van der Waals surface area contributed by atoms with E-state index in [4.69, 9.17) is 4.74 Å². The number of fused-ring (bicyclic) bond motifs is 1. The number of hydrogen-bond acceptors (Lipinski definition) is 3. The van der Waals surface area contributed by atoms with Crippen LogP contribution in [0.1, 0.15) is 37.6 Å². The van der Waals surface area contributed by atoms with E-state index in [-0.39, 0.29) is 18.2 Å². The lowest BCUT2D eigenvalue weighted by atomic mass is 9.89. The second-order valence-electron chi connectivity index (χ2n) is 5.57. The molecule has 4 heteroatoms. The van der Waals surface area contributed by atoms with E-state index < -0.39 is 0 Å². The average molecular weight is 258 g/mol. The Hall–Kier alpha value is -1.81. The summed E-state index contributed by atoms with van der Waals surface area (Å²) in [5.74, 6) is 0.918. The van der Waals surface area contributed by atoms with Crippen LogP contribution in [0.2, 0.25) is 0 Å². The maximum atomic E-state index is 9.42. The maximum absolute atomic E-state index is 9.42. The van der Waals surface area contributed by atoms with Crippen molar-refractivity contribution in [1.29, 1.82) is 0 Å². The predicted octanol–water partition coefficient (Wildman–Crippen LogP) is 2.53. The molecule has 0 aliphatic carbocycles. The van der Waals surface area contributed by atoms with Crippen LogP contribution in [0.5, 0.6) is 5.75 Å². The summed E-state index contributed by atoms with van der Waals surface area (Å²) < 4.78 is 8.07. The highest BCUT2D eigenvalue weighted by Gasteiger charge is 2.34. The van der Waals surface area contributed by atoms with Gasteiger partial charge in [-0.05, 0) is 19.9 Å². The highest BCUT2D eigenvalue weighted by molar-refractivity contribution is 5.39. The van der Waals surface area contributed by atoms with Gasteiger partial charge in [0.05, 0.1) is 30.9 Å². The molecule has 0 amide bonds. The summed E-state index contributed by atoms with van der Waals surface area (Å²) in [7, 11) is 0. The van der Waals surface area contributed by atoms with Crippen LogP contribution in [0.4, 0.5) is 0 Å². The molecule has 2 heterocycles. The first-order valence-corrected chi connectivity index (χ1v) is 6.50. The van der Waals surface area contributed by atoms with Gasteiger partial charge in [0.2, 0.25) is 0 Å². The Bertz CT molecular complexity index is 589. The number of aliphatic hydroxyl groups excluding tert-OH is 1. The van der Waals surface area contributed by atoms with Crippen LogP contribution < -0.4 is 4.74 Å². The normalized spacial score (nSPS) is 20.7. The molecule has 0 radical (unpaired) electrons. The monoisotopic (exact) mass is 258 g/mol. The van der Waals surface area contributed by atoms with Gasteiger partial charge < -0.3 is 14.4 Å². The summed E-state index contributed by atoms with van der Waals surface area (Å²) in [5, 5.41) is 9.42. The molecule has 1 aromatic heterocycles. The van der Waals surface area contributed by atoms with Gasteiger partial charge in [-0.15, -0.1) is 0 Å². The van der Waals surface area contributed by atoms with Crippen LogP contribution in [0.25, 0.3) is 0 Å². The quantitative estimate of drug-likeness (QED) is 0.900. The molecule has 0 saturated carbocycles. The highest BCUT2D eigenvalue weighted by atomic mass is 16.5. The fourth-order valence-electron chi connectivity index (χ4n) is 2.75. The minimum absolute atomic E-state index is 0.0000470. The Labute approximate surface area is 112 Å². The van der Waals surface area contributed by atoms with E-state index >= 15 is 0 Å². The van der Waals surface area contributed by atoms with Crippen LogP contribution in [0, 0.1) is 0 Å². The van der Waals surface area contributed by atoms with Gasteiger partial charge in [0.25, 0.3) is 0 Å². The third-order valence-electron chi connectivity index (χ3n) is 3.59. The number of aliphatic hydroxyl groups is 1. The zero-order valence-corrected chi connectivity index (χ0v) is 11.2. The van der Waals surface area contributed by atoms with E-state index in [1.165, 1.54) is 0 Å². The van der Waals surface area contributed by atoms with Crippen molar-refractivity contribution in [3.8, 4) is 5.75 Å². The standard InChI is InChI=1S/C15H18N2O2/c1-15(2)7-13(17-10-16-8-11(17)9-18)12-5-3-4-6-14(12)19-15/h3-6,8,10,13,18H,7,9H2,1-2H3. The molecule has 3 rings (SSSR count). The van der Waals surface area contributed by atoms with Crippen LogP contribution in [-0.2, 0) is 6.61 Å². The lowest BCUT2D eigenvalue weighted by Gasteiger charge is -2.38. The lowest BCUT2D eigenvalue weighted by molar-refractivity contribution is 0.0658. The third kappa shape index (κ3) is 2.12. The molecule has 4 nitrogen and oxygen atoms in total. The van der Waals surface area contributed by atoms with Crippen molar-refractivity contribution in [3.05, 3.63) is 48.0 Å². The minimum atomic E-state index is -0.226. The first kappa shape index (κ1) is 12.2. The van der Waals surface area contributed by atoms with E-state index in [0.717, 1.165) is 23.4 Å². The van der Waals surface area contributed by atoms with Gasteiger partial charge in [-0.1, -0.05) is 18.2 Å². The third-order valence-corrected chi connectivity index (χ3v) is 3.59. The summed E-state index contributed by atoms with van der Waals surface area (Å²) in [4.78, 5) is 4.15. The van der Waals surface area contributed by atoms with E-state index in [1.807, 2.05) is 22.8 Å². The Morgan fingerprint density at radius 3 is 3.00 bits per heavy atom. The van der Waals surface area contributed by atoms with E-state index in [1.54, 1.807) is 12.5 Å². The summed E-state index contributed by atoms with van der Waals surface area (Å²) in [6.07, 6.45) is 4.35. The molecule has 2 aromatic rings. The molecule has 1 unspecified atom stereocenters. The number of para-hydroxylation sites is 1. The molecule has 100 valence electrons. The van der Waals surface area contributed by atoms with E-state index in [9.17, 15) is 5.11 Å². The Balaban J connectivity index is 2.11. The van der Waals surface area contributed by atoms with Gasteiger partial charge in [0.15, 0.2) is 0 Å². The van der Waals surface area contributed by atoms with Gasteiger partial charge in [-0.25, -0.2) is 4.98 Å². The molecule has 0 saturated heterocycles. The van der Waals surface area contributed by atoms with Crippen LogP contribution in [0.3, 0.4) is 0 Å². The van der Waals surface area contributed by atoms with Crippen molar-refractivity contribution in [2.24, 2.45) is 0 Å². The Kier molecular flexibility index (Phi) is 2.82. The van der Waals surface area contributed by atoms with Crippen molar-refractivity contribution >= 4 is 0 Å². The fourth-order valence-corrected chi connectivity index (χ4v) is 2.75. The SMILES string of the molecule is CC1(C)CC(n2cncc2CO)c2ccccc2O1. The van der Waals surface area contributed by atoms with Gasteiger partial charge in [-0.3, -0.25) is 0 Å². The number of hydrogen-bond donors (Lipinski definition) is 1. The number of rotatable bonds is 2. The summed E-state index contributed by atoms with van der Waals surface area (Å²) in [5.41, 5.74) is 1.75. The molecule has 1 aromatic carbocycles. The van der Waals surface area contributed by atoms with Crippen molar-refractivity contribution in [1.82, 2.24) is 9.55 Å². The smallest absolute Gasteiger partial charge is 0.125 e. The molecule has 1 aliphatic rings. The van der Waals surface area contributed by atoms with Crippen LogP contribution in [0.15, 0.2) is 36.8 Å². The predicted molar refractivity (Wildman–Crippen MR) is 72.1 cm³/mol. The van der Waals surface area contributed by atoms with Gasteiger partial charge in [0, 0.05) is 12.0 Å². The largest absolute Gasteiger partial charge is 0.487 e. The number of aromatic nitrogens is 2. The van der Waals surface area contributed by atoms with Crippen molar-refractivity contribution in [2.45, 2.75) is 38.5 Å². The van der Waals surface area contributed by atoms with E-state index in [2.05, 4.69) is 24.9 Å². The number of nitrogens with zero attached hydrogens (tertiary/aromatic N) is 2. The molecule has 1 aliphatic heterocycles.